The summed E-state index contributed by atoms with van der Waals surface area (Å²) in [4.78, 5) is 29.5. The van der Waals surface area contributed by atoms with Gasteiger partial charge in [0, 0.05) is 51.9 Å². The summed E-state index contributed by atoms with van der Waals surface area (Å²) >= 11 is 6.22. The van der Waals surface area contributed by atoms with Crippen LogP contribution in [0.25, 0.3) is 17.0 Å². The highest BCUT2D eigenvalue weighted by Crippen LogP contribution is 2.38. The van der Waals surface area contributed by atoms with Crippen LogP contribution in [0.2, 0.25) is 5.02 Å². The van der Waals surface area contributed by atoms with Crippen molar-refractivity contribution in [3.63, 3.8) is 0 Å². The molecule has 6 nitrogen and oxygen atoms in total. The highest BCUT2D eigenvalue weighted by molar-refractivity contribution is 6.32. The van der Waals surface area contributed by atoms with Gasteiger partial charge in [-0.2, -0.15) is 0 Å². The maximum Gasteiger partial charge on any atom is 0.270 e. The Morgan fingerprint density at radius 2 is 1.91 bits per heavy atom. The number of halogens is 1. The first kappa shape index (κ1) is 21.9. The number of nitrogens with zero attached hydrogens (tertiary/aromatic N) is 2. The van der Waals surface area contributed by atoms with Gasteiger partial charge in [-0.15, -0.1) is 0 Å². The Labute approximate surface area is 201 Å². The fourth-order valence-corrected chi connectivity index (χ4v) is 4.78. The average Bonchev–Trinajstić information content (AvgIpc) is 3.22. The number of nitrogens with one attached hydrogen (secondary N) is 1. The Hall–Kier alpha value is -3.90. The maximum atomic E-state index is 13.4. The van der Waals surface area contributed by atoms with Crippen LogP contribution in [0.3, 0.4) is 0 Å². The number of fused-ring (bicyclic) bond motifs is 3. The van der Waals surface area contributed by atoms with Crippen molar-refractivity contribution >= 4 is 40.2 Å². The number of nitro groups is 1. The Bertz CT molecular complexity index is 1440. The molecule has 1 aromatic heterocycles. The van der Waals surface area contributed by atoms with Gasteiger partial charge in [-0.05, 0) is 42.7 Å². The first-order valence-electron chi connectivity index (χ1n) is 11.0. The quantitative estimate of drug-likeness (QED) is 0.218. The summed E-state index contributed by atoms with van der Waals surface area (Å²) < 4.78 is 0. The second-order valence-electron chi connectivity index (χ2n) is 8.45. The normalized spacial score (nSPS) is 15.6. The summed E-state index contributed by atoms with van der Waals surface area (Å²) in [5, 5.41) is 12.7. The second-order valence-corrected chi connectivity index (χ2v) is 8.86. The molecule has 0 fully saturated rings. The Kier molecular flexibility index (Phi) is 5.67. The van der Waals surface area contributed by atoms with E-state index in [2.05, 4.69) is 29.2 Å². The minimum atomic E-state index is -0.481. The van der Waals surface area contributed by atoms with Crippen molar-refractivity contribution < 1.29 is 9.72 Å². The predicted molar refractivity (Wildman–Crippen MR) is 134 cm³/mol. The van der Waals surface area contributed by atoms with Crippen LogP contribution in [0.4, 0.5) is 5.69 Å². The molecule has 0 saturated carbocycles. The smallest absolute Gasteiger partial charge is 0.270 e. The van der Waals surface area contributed by atoms with Crippen LogP contribution in [-0.4, -0.2) is 27.3 Å². The lowest BCUT2D eigenvalue weighted by Crippen LogP contribution is -2.39. The van der Waals surface area contributed by atoms with Gasteiger partial charge in [0.05, 0.1) is 11.0 Å². The van der Waals surface area contributed by atoms with Gasteiger partial charge < -0.3 is 9.88 Å². The van der Waals surface area contributed by atoms with E-state index in [0.717, 1.165) is 28.8 Å². The molecule has 1 amide bonds. The van der Waals surface area contributed by atoms with Crippen molar-refractivity contribution in [1.82, 2.24) is 9.88 Å². The second kappa shape index (κ2) is 8.80. The van der Waals surface area contributed by atoms with E-state index < -0.39 is 4.92 Å². The SMILES string of the molecule is Cc1ccc(C2c3[nH]c4ccccc4c3CCN2C(=O)C=Cc2cc([N+](=O)[O-])ccc2Cl)cc1. The topological polar surface area (TPSA) is 79.2 Å². The van der Waals surface area contributed by atoms with Crippen molar-refractivity contribution in [1.29, 1.82) is 0 Å². The Morgan fingerprint density at radius 1 is 1.15 bits per heavy atom. The summed E-state index contributed by atoms with van der Waals surface area (Å²) in [6.45, 7) is 2.59. The van der Waals surface area contributed by atoms with Gasteiger partial charge in [0.1, 0.15) is 0 Å². The van der Waals surface area contributed by atoms with Gasteiger partial charge in [-0.3, -0.25) is 14.9 Å². The summed E-state index contributed by atoms with van der Waals surface area (Å²) in [6.07, 6.45) is 3.73. The van der Waals surface area contributed by atoms with Crippen LogP contribution < -0.4 is 0 Å². The van der Waals surface area contributed by atoms with Crippen LogP contribution in [0.1, 0.15) is 34.0 Å². The first-order chi connectivity index (χ1) is 16.4. The average molecular weight is 472 g/mol. The number of non-ortho nitro benzene ring substituents is 1. The number of para-hydroxylation sites is 1. The molecule has 7 heteroatoms. The molecule has 34 heavy (non-hydrogen) atoms. The number of hydrogen-bond acceptors (Lipinski definition) is 3. The third-order valence-electron chi connectivity index (χ3n) is 6.31. The molecule has 3 aromatic carbocycles. The highest BCUT2D eigenvalue weighted by Gasteiger charge is 2.33. The van der Waals surface area contributed by atoms with E-state index in [4.69, 9.17) is 11.6 Å². The Balaban J connectivity index is 1.54. The van der Waals surface area contributed by atoms with Gasteiger partial charge in [0.25, 0.3) is 5.69 Å². The zero-order chi connectivity index (χ0) is 23.8. The molecule has 4 aromatic rings. The fraction of sp³-hybridized carbons (Fsp3) is 0.148. The lowest BCUT2D eigenvalue weighted by Gasteiger charge is -2.35. The van der Waals surface area contributed by atoms with Gasteiger partial charge >= 0.3 is 0 Å². The highest BCUT2D eigenvalue weighted by atomic mass is 35.5. The predicted octanol–water partition coefficient (Wildman–Crippen LogP) is 6.23. The number of aromatic nitrogens is 1. The summed E-state index contributed by atoms with van der Waals surface area (Å²) in [6, 6.07) is 20.3. The number of aryl methyl sites for hydroxylation is 1. The van der Waals surface area contributed by atoms with Crippen molar-refractivity contribution in [2.24, 2.45) is 0 Å². The first-order valence-corrected chi connectivity index (χ1v) is 11.4. The van der Waals surface area contributed by atoms with Crippen molar-refractivity contribution in [3.05, 3.63) is 116 Å². The molecule has 0 radical (unpaired) electrons. The number of hydrogen-bond donors (Lipinski definition) is 1. The van der Waals surface area contributed by atoms with Gasteiger partial charge in [-0.25, -0.2) is 0 Å². The molecule has 2 heterocycles. The van der Waals surface area contributed by atoms with Crippen LogP contribution in [0.5, 0.6) is 0 Å². The zero-order valence-corrected chi connectivity index (χ0v) is 19.3. The largest absolute Gasteiger partial charge is 0.356 e. The lowest BCUT2D eigenvalue weighted by atomic mass is 9.92. The van der Waals surface area contributed by atoms with Crippen LogP contribution >= 0.6 is 11.6 Å². The van der Waals surface area contributed by atoms with E-state index in [1.54, 1.807) is 6.08 Å². The van der Waals surface area contributed by atoms with E-state index in [9.17, 15) is 14.9 Å². The lowest BCUT2D eigenvalue weighted by molar-refractivity contribution is -0.384. The van der Waals surface area contributed by atoms with Gasteiger partial charge in [-0.1, -0.05) is 59.6 Å². The molecule has 0 saturated heterocycles. The number of H-pyrrole nitrogens is 1. The summed E-state index contributed by atoms with van der Waals surface area (Å²) in [7, 11) is 0. The number of benzene rings is 3. The molecular weight excluding hydrogens is 450 g/mol. The van der Waals surface area contributed by atoms with Crippen molar-refractivity contribution in [2.75, 3.05) is 6.54 Å². The number of carbonyl (C=O) groups excluding carboxylic acids is 1. The van der Waals surface area contributed by atoms with E-state index in [0.29, 0.717) is 17.1 Å². The number of aromatic amines is 1. The van der Waals surface area contributed by atoms with Crippen LogP contribution in [0.15, 0.2) is 72.8 Å². The molecular formula is C27H22ClN3O3. The third-order valence-corrected chi connectivity index (χ3v) is 6.65. The van der Waals surface area contributed by atoms with Crippen molar-refractivity contribution in [3.8, 4) is 0 Å². The van der Waals surface area contributed by atoms with Gasteiger partial charge in [0.2, 0.25) is 5.91 Å². The number of amides is 1. The van der Waals surface area contributed by atoms with Crippen molar-refractivity contribution in [2.45, 2.75) is 19.4 Å². The van der Waals surface area contributed by atoms with Gasteiger partial charge in [0.15, 0.2) is 0 Å². The monoisotopic (exact) mass is 471 g/mol. The zero-order valence-electron chi connectivity index (χ0n) is 18.5. The molecule has 170 valence electrons. The van der Waals surface area contributed by atoms with Crippen LogP contribution in [-0.2, 0) is 11.2 Å². The molecule has 0 spiro atoms. The minimum Gasteiger partial charge on any atom is -0.356 e. The van der Waals surface area contributed by atoms with E-state index in [-0.39, 0.29) is 17.6 Å². The molecule has 5 rings (SSSR count). The molecule has 0 aliphatic carbocycles. The fourth-order valence-electron chi connectivity index (χ4n) is 4.60. The molecule has 1 N–H and O–H groups in total. The molecule has 1 aliphatic rings. The summed E-state index contributed by atoms with van der Waals surface area (Å²) in [5.74, 6) is -0.183. The molecule has 0 bridgehead atoms. The number of rotatable bonds is 4. The Morgan fingerprint density at radius 3 is 2.68 bits per heavy atom. The number of nitro benzene ring substituents is 1. The maximum absolute atomic E-state index is 13.4. The number of carbonyl (C=O) groups is 1. The summed E-state index contributed by atoms with van der Waals surface area (Å²) in [5.41, 5.74) is 5.83. The minimum absolute atomic E-state index is 0.0743. The molecule has 1 atom stereocenters. The van der Waals surface area contributed by atoms with Crippen LogP contribution in [0, 0.1) is 17.0 Å². The van der Waals surface area contributed by atoms with E-state index >= 15 is 0 Å². The molecule has 1 aliphatic heterocycles. The molecule has 1 unspecified atom stereocenters. The third kappa shape index (κ3) is 3.97. The van der Waals surface area contributed by atoms with E-state index in [1.165, 1.54) is 35.2 Å². The standard InChI is InChI=1S/C27H22ClN3O3/c1-17-6-8-18(9-7-17)27-26-22(21-4-2-3-5-24(21)29-26)14-15-30(27)25(32)13-10-19-16-20(31(33)34)11-12-23(19)28/h2-13,16,27,29H,14-15H2,1H3. The van der Waals surface area contributed by atoms with E-state index in [1.807, 2.05) is 36.1 Å².